The molecule has 0 unspecified atom stereocenters. The van der Waals surface area contributed by atoms with E-state index in [0.717, 1.165) is 17.9 Å². The summed E-state index contributed by atoms with van der Waals surface area (Å²) in [5.74, 6) is -0.706. The summed E-state index contributed by atoms with van der Waals surface area (Å²) in [6.45, 7) is 3.94. The third kappa shape index (κ3) is 2.74. The highest BCUT2D eigenvalue weighted by molar-refractivity contribution is 7.12. The molecule has 1 saturated heterocycles. The average molecular weight is 241 g/mol. The lowest BCUT2D eigenvalue weighted by Crippen LogP contribution is -3.10. The van der Waals surface area contributed by atoms with Gasteiger partial charge in [-0.1, -0.05) is 0 Å². The molecule has 1 aromatic heterocycles. The highest BCUT2D eigenvalue weighted by atomic mass is 32.1. The minimum absolute atomic E-state index is 0.191. The number of carboxylic acids is 1. The molecule has 1 aliphatic rings. The number of carboxylic acid groups (broad SMARTS) is 1. The Labute approximate surface area is 98.4 Å². The lowest BCUT2D eigenvalue weighted by molar-refractivity contribution is -0.887. The van der Waals surface area contributed by atoms with Crippen LogP contribution in [0.2, 0.25) is 0 Å². The van der Waals surface area contributed by atoms with Crippen LogP contribution < -0.4 is 14.7 Å². The normalized spacial score (nSPS) is 16.5. The molecule has 1 fully saturated rings. The van der Waals surface area contributed by atoms with E-state index in [1.165, 1.54) is 25.9 Å². The van der Waals surface area contributed by atoms with Gasteiger partial charge < -0.3 is 19.5 Å². The van der Waals surface area contributed by atoms with E-state index in [1.54, 1.807) is 16.3 Å². The number of carbonyl (C=O) groups excluding carboxylic acids is 1. The molecule has 0 amide bonds. The highest BCUT2D eigenvalue weighted by Gasteiger charge is 2.15. The highest BCUT2D eigenvalue weighted by Crippen LogP contribution is 2.23. The van der Waals surface area contributed by atoms with Gasteiger partial charge in [0.2, 0.25) is 0 Å². The maximum Gasteiger partial charge on any atom is 0.139 e. The van der Waals surface area contributed by atoms with Crippen LogP contribution in [-0.4, -0.2) is 32.2 Å². The maximum atomic E-state index is 10.7. The summed E-state index contributed by atoms with van der Waals surface area (Å²) < 4.78 is 5.47. The Bertz CT molecular complexity index is 358. The van der Waals surface area contributed by atoms with Crippen LogP contribution in [0.3, 0.4) is 0 Å². The van der Waals surface area contributed by atoms with Crippen molar-refractivity contribution < 1.29 is 19.5 Å². The second-order valence-corrected chi connectivity index (χ2v) is 4.87. The average Bonchev–Trinajstić information content (AvgIpc) is 2.87. The van der Waals surface area contributed by atoms with Crippen LogP contribution in [-0.2, 0) is 0 Å². The molecule has 1 aliphatic heterocycles. The van der Waals surface area contributed by atoms with Gasteiger partial charge in [0, 0.05) is 12.8 Å². The summed E-state index contributed by atoms with van der Waals surface area (Å²) in [7, 11) is 0. The fourth-order valence-corrected chi connectivity index (χ4v) is 2.66. The summed E-state index contributed by atoms with van der Waals surface area (Å²) in [4.78, 5) is 12.5. The number of ether oxygens (including phenoxy) is 1. The van der Waals surface area contributed by atoms with Gasteiger partial charge in [0.05, 0.1) is 23.9 Å². The molecule has 0 atom stereocenters. The molecule has 4 nitrogen and oxygen atoms in total. The topological polar surface area (TPSA) is 53.8 Å². The van der Waals surface area contributed by atoms with Crippen molar-refractivity contribution in [1.29, 1.82) is 0 Å². The van der Waals surface area contributed by atoms with Crippen molar-refractivity contribution in [2.24, 2.45) is 0 Å². The van der Waals surface area contributed by atoms with Gasteiger partial charge in [-0.05, 0) is 11.4 Å². The Morgan fingerprint density at radius 3 is 2.94 bits per heavy atom. The zero-order valence-corrected chi connectivity index (χ0v) is 9.85. The summed E-state index contributed by atoms with van der Waals surface area (Å²) in [5.41, 5.74) is 0. The van der Waals surface area contributed by atoms with Crippen molar-refractivity contribution >= 4 is 17.3 Å². The van der Waals surface area contributed by atoms with Crippen LogP contribution in [0, 0.1) is 0 Å². The first-order valence-electron chi connectivity index (χ1n) is 5.52. The van der Waals surface area contributed by atoms with E-state index >= 15 is 0 Å². The van der Waals surface area contributed by atoms with E-state index in [0.29, 0.717) is 12.4 Å². The third-order valence-corrected chi connectivity index (χ3v) is 3.71. The molecule has 0 aliphatic carbocycles. The first-order chi connectivity index (χ1) is 7.77. The standard InChI is InChI=1S/C11H15NO3S/c13-11(14)10-9(3-8-16-10)15-7-6-12-4-1-2-5-12/h3,8H,1-2,4-7H2,(H,13,14). The number of hydrogen-bond acceptors (Lipinski definition) is 4. The monoisotopic (exact) mass is 241 g/mol. The van der Waals surface area contributed by atoms with Gasteiger partial charge >= 0.3 is 0 Å². The number of likely N-dealkylation sites (tertiary alicyclic amines) is 1. The van der Waals surface area contributed by atoms with E-state index in [9.17, 15) is 9.90 Å². The first kappa shape index (κ1) is 11.4. The Morgan fingerprint density at radius 1 is 1.50 bits per heavy atom. The van der Waals surface area contributed by atoms with Crippen molar-refractivity contribution in [3.8, 4) is 5.75 Å². The molecule has 1 aromatic rings. The van der Waals surface area contributed by atoms with E-state index < -0.39 is 5.97 Å². The van der Waals surface area contributed by atoms with Crippen molar-refractivity contribution in [3.63, 3.8) is 0 Å². The number of thiophene rings is 1. The molecular formula is C11H15NO3S. The number of hydrogen-bond donors (Lipinski definition) is 1. The van der Waals surface area contributed by atoms with Crippen LogP contribution in [0.1, 0.15) is 22.5 Å². The van der Waals surface area contributed by atoms with E-state index in [-0.39, 0.29) is 4.88 Å². The smallest absolute Gasteiger partial charge is 0.139 e. The Hall–Kier alpha value is -1.07. The largest absolute Gasteiger partial charge is 0.544 e. The van der Waals surface area contributed by atoms with Gasteiger partial charge in [-0.2, -0.15) is 0 Å². The molecule has 88 valence electrons. The molecule has 16 heavy (non-hydrogen) atoms. The van der Waals surface area contributed by atoms with Crippen LogP contribution in [0.15, 0.2) is 11.4 Å². The molecule has 0 radical (unpaired) electrons. The van der Waals surface area contributed by atoms with Crippen molar-refractivity contribution in [3.05, 3.63) is 16.3 Å². The van der Waals surface area contributed by atoms with Gasteiger partial charge in [0.15, 0.2) is 0 Å². The predicted molar refractivity (Wildman–Crippen MR) is 58.9 cm³/mol. The van der Waals surface area contributed by atoms with E-state index in [2.05, 4.69) is 0 Å². The van der Waals surface area contributed by atoms with E-state index in [1.807, 2.05) is 0 Å². The summed E-state index contributed by atoms with van der Waals surface area (Å²) in [5, 5.41) is 12.4. The molecule has 0 aromatic carbocycles. The zero-order chi connectivity index (χ0) is 11.4. The molecule has 0 bridgehead atoms. The summed E-state index contributed by atoms with van der Waals surface area (Å²) in [6.07, 6.45) is 2.58. The van der Waals surface area contributed by atoms with Crippen LogP contribution in [0.25, 0.3) is 0 Å². The lowest BCUT2D eigenvalue weighted by Gasteiger charge is -2.13. The molecule has 5 heteroatoms. The minimum Gasteiger partial charge on any atom is -0.544 e. The minimum atomic E-state index is -1.15. The second kappa shape index (κ2) is 5.32. The van der Waals surface area contributed by atoms with E-state index in [4.69, 9.17) is 4.74 Å². The fourth-order valence-electron chi connectivity index (χ4n) is 1.99. The summed E-state index contributed by atoms with van der Waals surface area (Å²) >= 11 is 1.15. The zero-order valence-electron chi connectivity index (χ0n) is 9.03. The van der Waals surface area contributed by atoms with Crippen LogP contribution >= 0.6 is 11.3 Å². The quantitative estimate of drug-likeness (QED) is 0.732. The maximum absolute atomic E-state index is 10.7. The first-order valence-corrected chi connectivity index (χ1v) is 6.40. The Morgan fingerprint density at radius 2 is 2.25 bits per heavy atom. The summed E-state index contributed by atoms with van der Waals surface area (Å²) in [6, 6.07) is 1.69. The number of carbonyl (C=O) groups is 1. The lowest BCUT2D eigenvalue weighted by atomic mass is 10.4. The van der Waals surface area contributed by atoms with Crippen LogP contribution in [0.5, 0.6) is 5.75 Å². The second-order valence-electron chi connectivity index (χ2n) is 3.96. The van der Waals surface area contributed by atoms with Gasteiger partial charge in [-0.15, -0.1) is 11.3 Å². The van der Waals surface area contributed by atoms with Crippen molar-refractivity contribution in [2.75, 3.05) is 26.2 Å². The van der Waals surface area contributed by atoms with Crippen molar-refractivity contribution in [2.45, 2.75) is 12.8 Å². The number of aromatic carboxylic acids is 1. The van der Waals surface area contributed by atoms with Gasteiger partial charge in [-0.3, -0.25) is 0 Å². The predicted octanol–water partition coefficient (Wildman–Crippen LogP) is -0.831. The van der Waals surface area contributed by atoms with Crippen molar-refractivity contribution in [1.82, 2.24) is 0 Å². The van der Waals surface area contributed by atoms with Gasteiger partial charge in [0.25, 0.3) is 0 Å². The Kier molecular flexibility index (Phi) is 3.79. The molecule has 0 saturated carbocycles. The van der Waals surface area contributed by atoms with Gasteiger partial charge in [-0.25, -0.2) is 0 Å². The number of rotatable bonds is 5. The third-order valence-electron chi connectivity index (χ3n) is 2.84. The molecule has 2 rings (SSSR count). The SMILES string of the molecule is O=C([O-])c1sccc1OCC[NH+]1CCCC1. The number of quaternary nitrogens is 1. The fraction of sp³-hybridized carbons (Fsp3) is 0.545. The molecule has 1 N–H and O–H groups in total. The molecule has 2 heterocycles. The Balaban J connectivity index is 1.80. The molecular weight excluding hydrogens is 226 g/mol. The van der Waals surface area contributed by atoms with Crippen LogP contribution in [0.4, 0.5) is 0 Å². The molecule has 0 spiro atoms. The number of nitrogens with one attached hydrogen (secondary N) is 1. The van der Waals surface area contributed by atoms with Gasteiger partial charge in [0.1, 0.15) is 18.9 Å².